The maximum atomic E-state index is 14.3. The summed E-state index contributed by atoms with van der Waals surface area (Å²) in [6.07, 6.45) is 1.57. The van der Waals surface area contributed by atoms with Crippen molar-refractivity contribution < 1.29 is 18.3 Å². The smallest absolute Gasteiger partial charge is 0.318 e. The van der Waals surface area contributed by atoms with E-state index in [1.807, 2.05) is 44.2 Å². The van der Waals surface area contributed by atoms with Gasteiger partial charge in [-0.3, -0.25) is 0 Å². The van der Waals surface area contributed by atoms with Gasteiger partial charge in [-0.25, -0.2) is 13.6 Å². The maximum absolute atomic E-state index is 14.3. The predicted molar refractivity (Wildman–Crippen MR) is 117 cm³/mol. The molecule has 1 saturated heterocycles. The first-order chi connectivity index (χ1) is 14.9. The molecule has 0 saturated carbocycles. The van der Waals surface area contributed by atoms with E-state index in [9.17, 15) is 13.6 Å². The quantitative estimate of drug-likeness (QED) is 0.652. The summed E-state index contributed by atoms with van der Waals surface area (Å²) in [7, 11) is 0. The van der Waals surface area contributed by atoms with Gasteiger partial charge in [-0.1, -0.05) is 36.4 Å². The van der Waals surface area contributed by atoms with E-state index < -0.39 is 11.6 Å². The second kappa shape index (κ2) is 11.2. The molecular weight excluding hydrogens is 400 g/mol. The number of nitrogens with one attached hydrogen (secondary N) is 2. The third kappa shape index (κ3) is 6.74. The van der Waals surface area contributed by atoms with Crippen LogP contribution in [0.5, 0.6) is 0 Å². The van der Waals surface area contributed by atoms with Crippen LogP contribution in [0.3, 0.4) is 0 Å². The van der Waals surface area contributed by atoms with Gasteiger partial charge in [0, 0.05) is 17.7 Å². The fourth-order valence-corrected chi connectivity index (χ4v) is 3.75. The van der Waals surface area contributed by atoms with E-state index in [0.29, 0.717) is 12.2 Å². The van der Waals surface area contributed by atoms with Crippen molar-refractivity contribution in [3.63, 3.8) is 0 Å². The van der Waals surface area contributed by atoms with Crippen molar-refractivity contribution in [1.82, 2.24) is 15.5 Å². The standard InChI is InChI=1S/C24H31F2N3O2/c1-17(2)31-16-23(18-6-4-3-5-7-18)28-24(30)29(21-10-12-27-13-11-21)15-19-8-9-20(25)14-22(19)26/h3-9,14,17,21,23,27H,10-13,15-16H2,1-2H3,(H,28,30). The molecule has 3 rings (SSSR count). The van der Waals surface area contributed by atoms with Gasteiger partial charge in [0.15, 0.2) is 0 Å². The number of hydrogen-bond donors (Lipinski definition) is 2. The molecule has 1 aliphatic heterocycles. The molecule has 31 heavy (non-hydrogen) atoms. The maximum Gasteiger partial charge on any atom is 0.318 e. The van der Waals surface area contributed by atoms with E-state index in [0.717, 1.165) is 37.6 Å². The zero-order chi connectivity index (χ0) is 22.2. The minimum absolute atomic E-state index is 0.0250. The Labute approximate surface area is 182 Å². The molecule has 0 aromatic heterocycles. The molecule has 2 aromatic carbocycles. The van der Waals surface area contributed by atoms with E-state index in [4.69, 9.17) is 4.74 Å². The van der Waals surface area contributed by atoms with Crippen molar-refractivity contribution in [2.24, 2.45) is 0 Å². The average Bonchev–Trinajstić information content (AvgIpc) is 2.77. The molecular formula is C24H31F2N3O2. The van der Waals surface area contributed by atoms with Gasteiger partial charge >= 0.3 is 6.03 Å². The van der Waals surface area contributed by atoms with Crippen molar-refractivity contribution in [2.75, 3.05) is 19.7 Å². The number of nitrogens with zero attached hydrogens (tertiary/aromatic N) is 1. The van der Waals surface area contributed by atoms with Crippen molar-refractivity contribution >= 4 is 6.03 Å². The zero-order valence-corrected chi connectivity index (χ0v) is 18.1. The molecule has 0 aliphatic carbocycles. The molecule has 1 fully saturated rings. The van der Waals surface area contributed by atoms with Crippen LogP contribution in [0.2, 0.25) is 0 Å². The highest BCUT2D eigenvalue weighted by Gasteiger charge is 2.28. The van der Waals surface area contributed by atoms with E-state index in [1.54, 1.807) is 4.90 Å². The lowest BCUT2D eigenvalue weighted by Gasteiger charge is -2.36. The SMILES string of the molecule is CC(C)OCC(NC(=O)N(Cc1ccc(F)cc1F)C1CCNCC1)c1ccccc1. The van der Waals surface area contributed by atoms with Crippen LogP contribution in [0.15, 0.2) is 48.5 Å². The first-order valence-corrected chi connectivity index (χ1v) is 10.8. The molecule has 5 nitrogen and oxygen atoms in total. The van der Waals surface area contributed by atoms with Gasteiger partial charge in [0.05, 0.1) is 25.3 Å². The summed E-state index contributed by atoms with van der Waals surface area (Å²) in [4.78, 5) is 15.1. The topological polar surface area (TPSA) is 53.6 Å². The number of carbonyl (C=O) groups is 1. The Morgan fingerprint density at radius 2 is 1.87 bits per heavy atom. The van der Waals surface area contributed by atoms with Crippen molar-refractivity contribution in [3.05, 3.63) is 71.3 Å². The lowest BCUT2D eigenvalue weighted by molar-refractivity contribution is 0.0598. The Hall–Kier alpha value is -2.51. The number of rotatable bonds is 8. The minimum atomic E-state index is -0.644. The summed E-state index contributed by atoms with van der Waals surface area (Å²) in [5.74, 6) is -1.27. The number of halogens is 2. The molecule has 1 unspecified atom stereocenters. The first kappa shape index (κ1) is 23.2. The molecule has 0 bridgehead atoms. The van der Waals surface area contributed by atoms with Gasteiger partial charge < -0.3 is 20.3 Å². The Balaban J connectivity index is 1.81. The lowest BCUT2D eigenvalue weighted by Crippen LogP contribution is -2.50. The number of hydrogen-bond acceptors (Lipinski definition) is 3. The summed E-state index contributed by atoms with van der Waals surface area (Å²) < 4.78 is 33.5. The average molecular weight is 432 g/mol. The summed E-state index contributed by atoms with van der Waals surface area (Å²) in [6, 6.07) is 12.5. The third-order valence-corrected chi connectivity index (χ3v) is 5.46. The highest BCUT2D eigenvalue weighted by molar-refractivity contribution is 5.75. The van der Waals surface area contributed by atoms with Crippen molar-refractivity contribution in [1.29, 1.82) is 0 Å². The fraction of sp³-hybridized carbons (Fsp3) is 0.458. The van der Waals surface area contributed by atoms with Gasteiger partial charge in [0.1, 0.15) is 11.6 Å². The van der Waals surface area contributed by atoms with Gasteiger partial charge in [0.2, 0.25) is 0 Å². The molecule has 7 heteroatoms. The molecule has 0 radical (unpaired) electrons. The number of urea groups is 1. The molecule has 168 valence electrons. The second-order valence-electron chi connectivity index (χ2n) is 8.14. The summed E-state index contributed by atoms with van der Waals surface area (Å²) in [5, 5.41) is 6.37. The molecule has 1 atom stereocenters. The van der Waals surface area contributed by atoms with Gasteiger partial charge in [0.25, 0.3) is 0 Å². The van der Waals surface area contributed by atoms with Crippen LogP contribution < -0.4 is 10.6 Å². The summed E-state index contributed by atoms with van der Waals surface area (Å²) in [6.45, 7) is 5.89. The van der Waals surface area contributed by atoms with E-state index in [1.165, 1.54) is 12.1 Å². The monoisotopic (exact) mass is 431 g/mol. The highest BCUT2D eigenvalue weighted by Crippen LogP contribution is 2.21. The molecule has 2 aromatic rings. The molecule has 1 aliphatic rings. The molecule has 2 amide bonds. The number of ether oxygens (including phenoxy) is 1. The Morgan fingerprint density at radius 3 is 2.52 bits per heavy atom. The minimum Gasteiger partial charge on any atom is -0.376 e. The Morgan fingerprint density at radius 1 is 1.16 bits per heavy atom. The van der Waals surface area contributed by atoms with Crippen LogP contribution >= 0.6 is 0 Å². The van der Waals surface area contributed by atoms with Crippen LogP contribution in [0.4, 0.5) is 13.6 Å². The van der Waals surface area contributed by atoms with Crippen LogP contribution in [0, 0.1) is 11.6 Å². The molecule has 1 heterocycles. The number of carbonyl (C=O) groups excluding carboxylic acids is 1. The number of benzene rings is 2. The largest absolute Gasteiger partial charge is 0.376 e. The molecule has 0 spiro atoms. The first-order valence-electron chi connectivity index (χ1n) is 10.8. The second-order valence-corrected chi connectivity index (χ2v) is 8.14. The van der Waals surface area contributed by atoms with Crippen LogP contribution in [0.1, 0.15) is 43.9 Å². The highest BCUT2D eigenvalue weighted by atomic mass is 19.1. The van der Waals surface area contributed by atoms with E-state index in [-0.39, 0.29) is 30.8 Å². The fourth-order valence-electron chi connectivity index (χ4n) is 3.75. The Bertz CT molecular complexity index is 842. The van der Waals surface area contributed by atoms with E-state index >= 15 is 0 Å². The lowest BCUT2D eigenvalue weighted by atomic mass is 10.0. The van der Waals surface area contributed by atoms with Gasteiger partial charge in [-0.15, -0.1) is 0 Å². The molecule has 2 N–H and O–H groups in total. The summed E-state index contributed by atoms with van der Waals surface area (Å²) >= 11 is 0. The van der Waals surface area contributed by atoms with Crippen molar-refractivity contribution in [3.8, 4) is 0 Å². The Kier molecular flexibility index (Phi) is 8.37. The van der Waals surface area contributed by atoms with Gasteiger partial charge in [-0.05, 0) is 51.4 Å². The normalized spacial score (nSPS) is 15.6. The predicted octanol–water partition coefficient (Wildman–Crippen LogP) is 4.39. The van der Waals surface area contributed by atoms with Gasteiger partial charge in [-0.2, -0.15) is 0 Å². The summed E-state index contributed by atoms with van der Waals surface area (Å²) in [5.41, 5.74) is 1.24. The zero-order valence-electron chi connectivity index (χ0n) is 18.1. The van der Waals surface area contributed by atoms with E-state index in [2.05, 4.69) is 10.6 Å². The van der Waals surface area contributed by atoms with Crippen LogP contribution in [-0.4, -0.2) is 42.8 Å². The van der Waals surface area contributed by atoms with Crippen molar-refractivity contribution in [2.45, 2.75) is 51.4 Å². The number of amides is 2. The number of piperidine rings is 1. The van der Waals surface area contributed by atoms with Crippen LogP contribution in [0.25, 0.3) is 0 Å². The van der Waals surface area contributed by atoms with Crippen LogP contribution in [-0.2, 0) is 11.3 Å². The third-order valence-electron chi connectivity index (χ3n) is 5.46.